The van der Waals surface area contributed by atoms with Crippen LogP contribution in [0, 0.1) is 5.92 Å². The molecule has 1 aliphatic rings. The SMILES string of the molecule is CCNC(=NCC(C)C)N1CCN(C(=O)OCC)CC1. The molecule has 0 aromatic carbocycles. The van der Waals surface area contributed by atoms with E-state index in [4.69, 9.17) is 4.74 Å². The van der Waals surface area contributed by atoms with Crippen LogP contribution in [-0.2, 0) is 4.74 Å². The smallest absolute Gasteiger partial charge is 0.409 e. The van der Waals surface area contributed by atoms with Crippen LogP contribution < -0.4 is 5.32 Å². The van der Waals surface area contributed by atoms with Gasteiger partial charge in [0.15, 0.2) is 5.96 Å². The number of guanidine groups is 1. The number of piperazine rings is 1. The van der Waals surface area contributed by atoms with Crippen LogP contribution in [0.4, 0.5) is 4.79 Å². The van der Waals surface area contributed by atoms with E-state index in [9.17, 15) is 4.79 Å². The van der Waals surface area contributed by atoms with Crippen molar-refractivity contribution in [2.24, 2.45) is 10.9 Å². The van der Waals surface area contributed by atoms with E-state index < -0.39 is 0 Å². The second-order valence-corrected chi connectivity index (χ2v) is 5.26. The lowest BCUT2D eigenvalue weighted by molar-refractivity contribution is 0.0914. The molecule has 1 N–H and O–H groups in total. The Balaban J connectivity index is 2.52. The highest BCUT2D eigenvalue weighted by molar-refractivity contribution is 5.80. The third kappa shape index (κ3) is 5.27. The maximum atomic E-state index is 11.7. The first-order chi connectivity index (χ1) is 9.58. The van der Waals surface area contributed by atoms with Crippen LogP contribution in [0.1, 0.15) is 27.7 Å². The Labute approximate surface area is 122 Å². The van der Waals surface area contributed by atoms with Gasteiger partial charge in [0.05, 0.1) is 6.61 Å². The van der Waals surface area contributed by atoms with Crippen LogP contribution in [0.25, 0.3) is 0 Å². The molecule has 1 rings (SSSR count). The Morgan fingerprint density at radius 2 is 1.80 bits per heavy atom. The molecule has 1 heterocycles. The van der Waals surface area contributed by atoms with Crippen LogP contribution in [-0.4, -0.2) is 67.7 Å². The van der Waals surface area contributed by atoms with E-state index in [-0.39, 0.29) is 6.09 Å². The fraction of sp³-hybridized carbons (Fsp3) is 0.857. The average molecular weight is 284 g/mol. The summed E-state index contributed by atoms with van der Waals surface area (Å²) in [7, 11) is 0. The third-order valence-electron chi connectivity index (χ3n) is 3.05. The summed E-state index contributed by atoms with van der Waals surface area (Å²) < 4.78 is 5.03. The second kappa shape index (κ2) is 8.66. The fourth-order valence-corrected chi connectivity index (χ4v) is 2.01. The summed E-state index contributed by atoms with van der Waals surface area (Å²) in [5, 5.41) is 3.32. The molecular formula is C14H28N4O2. The van der Waals surface area contributed by atoms with Crippen LogP contribution in [0.5, 0.6) is 0 Å². The molecule has 6 heteroatoms. The van der Waals surface area contributed by atoms with Crippen molar-refractivity contribution in [2.75, 3.05) is 45.9 Å². The topological polar surface area (TPSA) is 57.2 Å². The molecular weight excluding hydrogens is 256 g/mol. The lowest BCUT2D eigenvalue weighted by Gasteiger charge is -2.36. The van der Waals surface area contributed by atoms with Crippen molar-refractivity contribution in [3.8, 4) is 0 Å². The van der Waals surface area contributed by atoms with E-state index in [1.54, 1.807) is 4.90 Å². The summed E-state index contributed by atoms with van der Waals surface area (Å²) in [6.45, 7) is 13.3. The number of hydrogen-bond acceptors (Lipinski definition) is 3. The van der Waals surface area contributed by atoms with Gasteiger partial charge in [-0.25, -0.2) is 4.79 Å². The van der Waals surface area contributed by atoms with Crippen LogP contribution >= 0.6 is 0 Å². The Kier molecular flexibility index (Phi) is 7.18. The molecule has 1 fully saturated rings. The minimum Gasteiger partial charge on any atom is -0.450 e. The van der Waals surface area contributed by atoms with Gasteiger partial charge in [0.25, 0.3) is 0 Å². The Hall–Kier alpha value is -1.46. The van der Waals surface area contributed by atoms with Gasteiger partial charge in [0, 0.05) is 39.3 Å². The molecule has 0 bridgehead atoms. The molecule has 116 valence electrons. The lowest BCUT2D eigenvalue weighted by atomic mass is 10.2. The molecule has 1 saturated heterocycles. The van der Waals surface area contributed by atoms with Crippen molar-refractivity contribution in [3.05, 3.63) is 0 Å². The molecule has 1 aliphatic heterocycles. The molecule has 0 aromatic heterocycles. The molecule has 0 saturated carbocycles. The van der Waals surface area contributed by atoms with Gasteiger partial charge in [-0.1, -0.05) is 13.8 Å². The number of nitrogens with zero attached hydrogens (tertiary/aromatic N) is 3. The molecule has 0 aromatic rings. The largest absolute Gasteiger partial charge is 0.450 e. The molecule has 6 nitrogen and oxygen atoms in total. The standard InChI is InChI=1S/C14H28N4O2/c1-5-15-13(16-11-12(3)4)17-7-9-18(10-8-17)14(19)20-6-2/h12H,5-11H2,1-4H3,(H,15,16). The second-order valence-electron chi connectivity index (χ2n) is 5.26. The first kappa shape index (κ1) is 16.6. The summed E-state index contributed by atoms with van der Waals surface area (Å²) >= 11 is 0. The summed E-state index contributed by atoms with van der Waals surface area (Å²) in [4.78, 5) is 20.3. The molecule has 0 atom stereocenters. The van der Waals surface area contributed by atoms with Crippen molar-refractivity contribution >= 4 is 12.1 Å². The van der Waals surface area contributed by atoms with Gasteiger partial charge in [-0.3, -0.25) is 4.99 Å². The number of amides is 1. The lowest BCUT2D eigenvalue weighted by Crippen LogP contribution is -2.54. The van der Waals surface area contributed by atoms with Crippen LogP contribution in [0.2, 0.25) is 0 Å². The van der Waals surface area contributed by atoms with Crippen molar-refractivity contribution in [3.63, 3.8) is 0 Å². The first-order valence-electron chi connectivity index (χ1n) is 7.53. The summed E-state index contributed by atoms with van der Waals surface area (Å²) in [5.74, 6) is 1.49. The molecule has 0 radical (unpaired) electrons. The van der Waals surface area contributed by atoms with Crippen molar-refractivity contribution in [2.45, 2.75) is 27.7 Å². The molecule has 1 amide bonds. The molecule has 0 aliphatic carbocycles. The van der Waals surface area contributed by atoms with Crippen LogP contribution in [0.3, 0.4) is 0 Å². The average Bonchev–Trinajstić information content (AvgIpc) is 2.44. The zero-order valence-electron chi connectivity index (χ0n) is 13.2. The van der Waals surface area contributed by atoms with Crippen molar-refractivity contribution < 1.29 is 9.53 Å². The minimum atomic E-state index is -0.212. The van der Waals surface area contributed by atoms with Gasteiger partial charge in [0.1, 0.15) is 0 Å². The first-order valence-corrected chi connectivity index (χ1v) is 7.53. The minimum absolute atomic E-state index is 0.212. The highest BCUT2D eigenvalue weighted by Gasteiger charge is 2.23. The number of hydrogen-bond donors (Lipinski definition) is 1. The normalized spacial score (nSPS) is 16.6. The van der Waals surface area contributed by atoms with Crippen LogP contribution in [0.15, 0.2) is 4.99 Å². The van der Waals surface area contributed by atoms with Gasteiger partial charge in [0.2, 0.25) is 0 Å². The summed E-state index contributed by atoms with van der Waals surface area (Å²) in [5.41, 5.74) is 0. The zero-order chi connectivity index (χ0) is 15.0. The van der Waals surface area contributed by atoms with E-state index in [0.717, 1.165) is 32.1 Å². The van der Waals surface area contributed by atoms with Crippen molar-refractivity contribution in [1.29, 1.82) is 0 Å². The number of rotatable bonds is 4. The Morgan fingerprint density at radius 3 is 2.30 bits per heavy atom. The van der Waals surface area contributed by atoms with E-state index in [2.05, 4.69) is 36.0 Å². The monoisotopic (exact) mass is 284 g/mol. The van der Waals surface area contributed by atoms with E-state index >= 15 is 0 Å². The Morgan fingerprint density at radius 1 is 1.20 bits per heavy atom. The van der Waals surface area contributed by atoms with Gasteiger partial charge in [-0.05, 0) is 19.8 Å². The van der Waals surface area contributed by atoms with E-state index in [1.807, 2.05) is 6.92 Å². The van der Waals surface area contributed by atoms with Gasteiger partial charge >= 0.3 is 6.09 Å². The number of ether oxygens (including phenoxy) is 1. The fourth-order valence-electron chi connectivity index (χ4n) is 2.01. The number of carbonyl (C=O) groups is 1. The predicted molar refractivity (Wildman–Crippen MR) is 81.0 cm³/mol. The predicted octanol–water partition coefficient (Wildman–Crippen LogP) is 1.38. The molecule has 0 unspecified atom stereocenters. The maximum Gasteiger partial charge on any atom is 0.409 e. The van der Waals surface area contributed by atoms with Gasteiger partial charge in [-0.2, -0.15) is 0 Å². The van der Waals surface area contributed by atoms with E-state index in [0.29, 0.717) is 25.6 Å². The Bertz CT molecular complexity index is 323. The van der Waals surface area contributed by atoms with Crippen molar-refractivity contribution in [1.82, 2.24) is 15.1 Å². The summed E-state index contributed by atoms with van der Waals surface area (Å²) in [6, 6.07) is 0. The van der Waals surface area contributed by atoms with E-state index in [1.165, 1.54) is 0 Å². The molecule has 0 spiro atoms. The highest BCUT2D eigenvalue weighted by Crippen LogP contribution is 2.05. The van der Waals surface area contributed by atoms with Gasteiger partial charge in [-0.15, -0.1) is 0 Å². The highest BCUT2D eigenvalue weighted by atomic mass is 16.6. The number of nitrogens with one attached hydrogen (secondary N) is 1. The molecule has 20 heavy (non-hydrogen) atoms. The number of carbonyl (C=O) groups excluding carboxylic acids is 1. The quantitative estimate of drug-likeness (QED) is 0.626. The third-order valence-corrected chi connectivity index (χ3v) is 3.05. The van der Waals surface area contributed by atoms with Gasteiger partial charge < -0.3 is 19.9 Å². The maximum absolute atomic E-state index is 11.7. The zero-order valence-corrected chi connectivity index (χ0v) is 13.2. The summed E-state index contributed by atoms with van der Waals surface area (Å²) in [6.07, 6.45) is -0.212. The number of aliphatic imine (C=N–C) groups is 1.